The van der Waals surface area contributed by atoms with E-state index in [-0.39, 0.29) is 1.43 Å². The van der Waals surface area contributed by atoms with E-state index in [2.05, 4.69) is 36.1 Å². The molecular formula is C7H9Al. The normalized spacial score (nSPS) is 8.12. The van der Waals surface area contributed by atoms with Gasteiger partial charge in [0.15, 0.2) is 0 Å². The molecule has 0 saturated heterocycles. The van der Waals surface area contributed by atoms with Crippen LogP contribution in [0.15, 0.2) is 30.3 Å². The van der Waals surface area contributed by atoms with Gasteiger partial charge < -0.3 is 1.43 Å². The maximum atomic E-state index is 2.25. The van der Waals surface area contributed by atoms with Gasteiger partial charge in [-0.25, -0.2) is 0 Å². The smallest absolute Gasteiger partial charge is 1.00 e. The summed E-state index contributed by atoms with van der Waals surface area (Å²) in [5.74, 6) is 2.25. The number of benzene rings is 1. The van der Waals surface area contributed by atoms with Gasteiger partial charge in [0, 0.05) is 0 Å². The summed E-state index contributed by atoms with van der Waals surface area (Å²) in [7, 11) is 0. The predicted octanol–water partition coefficient (Wildman–Crippen LogP) is 1.18. The Morgan fingerprint density at radius 2 is 1.88 bits per heavy atom. The first kappa shape index (κ1) is 5.88. The van der Waals surface area contributed by atoms with Crippen molar-refractivity contribution in [3.05, 3.63) is 30.3 Å². The van der Waals surface area contributed by atoms with Crippen molar-refractivity contribution in [2.24, 2.45) is 0 Å². The molecule has 40 valence electrons. The average molecular weight is 120 g/mol. The summed E-state index contributed by atoms with van der Waals surface area (Å²) in [6.45, 7) is 0. The van der Waals surface area contributed by atoms with E-state index in [1.54, 1.807) is 0 Å². The first-order chi connectivity index (χ1) is 3.93. The van der Waals surface area contributed by atoms with Crippen molar-refractivity contribution in [1.82, 2.24) is 0 Å². The molecule has 0 fully saturated rings. The monoisotopic (exact) mass is 120 g/mol. The van der Waals surface area contributed by atoms with Crippen LogP contribution in [-0.4, -0.2) is 15.2 Å². The van der Waals surface area contributed by atoms with Gasteiger partial charge in [-0.1, -0.05) is 0 Å². The first-order valence-corrected chi connectivity index (χ1v) is 4.51. The van der Waals surface area contributed by atoms with Crippen LogP contribution in [0.1, 0.15) is 1.43 Å². The van der Waals surface area contributed by atoms with Crippen LogP contribution < -0.4 is 4.43 Å². The molecular weight excluding hydrogens is 111 g/mol. The largest absolute Gasteiger partial charge is 1.00 e. The Bertz CT molecular complexity index is 150. The molecule has 0 unspecified atom stereocenters. The van der Waals surface area contributed by atoms with Crippen molar-refractivity contribution in [1.29, 1.82) is 0 Å². The van der Waals surface area contributed by atoms with Crippen LogP contribution in [0.4, 0.5) is 0 Å². The van der Waals surface area contributed by atoms with Crippen LogP contribution in [0.3, 0.4) is 0 Å². The van der Waals surface area contributed by atoms with E-state index in [0.29, 0.717) is 15.2 Å². The summed E-state index contributed by atoms with van der Waals surface area (Å²) in [6.07, 6.45) is 0. The molecule has 1 aromatic carbocycles. The summed E-state index contributed by atoms with van der Waals surface area (Å²) >= 11 is 0.511. The van der Waals surface area contributed by atoms with E-state index in [1.807, 2.05) is 0 Å². The minimum Gasteiger partial charge on any atom is -1.00 e. The fourth-order valence-corrected chi connectivity index (χ4v) is 1.25. The average Bonchev–Trinajstić information content (AvgIpc) is 1.90. The van der Waals surface area contributed by atoms with Crippen LogP contribution in [0.25, 0.3) is 0 Å². The van der Waals surface area contributed by atoms with Crippen LogP contribution in [0.2, 0.25) is 5.79 Å². The van der Waals surface area contributed by atoms with Crippen LogP contribution in [-0.2, 0) is 0 Å². The molecule has 0 nitrogen and oxygen atoms in total. The van der Waals surface area contributed by atoms with Gasteiger partial charge >= 0.3 is 55.8 Å². The van der Waals surface area contributed by atoms with Crippen molar-refractivity contribution in [2.75, 3.05) is 0 Å². The zero-order valence-corrected chi connectivity index (χ0v) is 6.12. The Hall–Kier alpha value is -0.248. The third kappa shape index (κ3) is 1.37. The SMILES string of the molecule is [CH3][Al+][c]1ccccc1.[H-]. The molecule has 0 spiro atoms. The quantitative estimate of drug-likeness (QED) is 0.488. The molecule has 8 heavy (non-hydrogen) atoms. The standard InChI is InChI=1S/C6H5.CH3.Al.H/c1-2-4-6-5-3-1;;;/h1-5H;1H3;;/q;;+1;-1. The Morgan fingerprint density at radius 3 is 2.25 bits per heavy atom. The van der Waals surface area contributed by atoms with Crippen LogP contribution in [0, 0.1) is 0 Å². The first-order valence-electron chi connectivity index (χ1n) is 2.78. The molecule has 1 aromatic rings. The molecule has 1 rings (SSSR count). The molecule has 0 aliphatic rings. The fourth-order valence-electron chi connectivity index (χ4n) is 0.645. The van der Waals surface area contributed by atoms with Gasteiger partial charge in [-0.05, 0) is 0 Å². The van der Waals surface area contributed by atoms with Gasteiger partial charge in [-0.3, -0.25) is 0 Å². The number of hydrogen-bond acceptors (Lipinski definition) is 0. The molecule has 0 aliphatic carbocycles. The van der Waals surface area contributed by atoms with Gasteiger partial charge in [0.1, 0.15) is 0 Å². The van der Waals surface area contributed by atoms with Crippen molar-refractivity contribution in [3.63, 3.8) is 0 Å². The summed E-state index contributed by atoms with van der Waals surface area (Å²) in [5, 5.41) is 0. The van der Waals surface area contributed by atoms with E-state index in [9.17, 15) is 0 Å². The van der Waals surface area contributed by atoms with Gasteiger partial charge in [0.25, 0.3) is 0 Å². The summed E-state index contributed by atoms with van der Waals surface area (Å²) in [6, 6.07) is 10.6. The van der Waals surface area contributed by atoms with Crippen molar-refractivity contribution >= 4 is 19.6 Å². The molecule has 0 amide bonds. The topological polar surface area (TPSA) is 0 Å². The van der Waals surface area contributed by atoms with Gasteiger partial charge in [-0.2, -0.15) is 0 Å². The molecule has 0 aliphatic heterocycles. The molecule has 0 N–H and O–H groups in total. The van der Waals surface area contributed by atoms with E-state index < -0.39 is 0 Å². The summed E-state index contributed by atoms with van der Waals surface area (Å²) in [4.78, 5) is 0. The zero-order chi connectivity index (χ0) is 5.82. The second kappa shape index (κ2) is 2.92. The van der Waals surface area contributed by atoms with Crippen molar-refractivity contribution in [3.8, 4) is 0 Å². The van der Waals surface area contributed by atoms with Gasteiger partial charge in [0.2, 0.25) is 0 Å². The Morgan fingerprint density at radius 1 is 1.25 bits per heavy atom. The molecule has 0 radical (unpaired) electrons. The maximum Gasteiger partial charge on any atom is -1.00 e. The minimum absolute atomic E-state index is 0. The van der Waals surface area contributed by atoms with E-state index >= 15 is 0 Å². The Balaban J connectivity index is 0.000000640. The van der Waals surface area contributed by atoms with Crippen LogP contribution in [0.5, 0.6) is 0 Å². The second-order valence-electron chi connectivity index (χ2n) is 1.70. The Labute approximate surface area is 57.7 Å². The second-order valence-corrected chi connectivity index (χ2v) is 2.94. The van der Waals surface area contributed by atoms with E-state index in [0.717, 1.165) is 0 Å². The molecule has 1 heteroatoms. The fraction of sp³-hybridized carbons (Fsp3) is 0.143. The Kier molecular flexibility index (Phi) is 2.14. The third-order valence-electron chi connectivity index (χ3n) is 1.13. The van der Waals surface area contributed by atoms with Crippen LogP contribution >= 0.6 is 0 Å². The molecule has 0 aromatic heterocycles. The van der Waals surface area contributed by atoms with Gasteiger partial charge in [0.05, 0.1) is 0 Å². The maximum absolute atomic E-state index is 2.25. The zero-order valence-electron chi connectivity index (χ0n) is 5.96. The molecule has 0 saturated carbocycles. The van der Waals surface area contributed by atoms with E-state index in [1.165, 1.54) is 4.43 Å². The summed E-state index contributed by atoms with van der Waals surface area (Å²) in [5.41, 5.74) is 0. The molecule has 0 bridgehead atoms. The van der Waals surface area contributed by atoms with Crippen molar-refractivity contribution in [2.45, 2.75) is 5.79 Å². The molecule has 0 heterocycles. The summed E-state index contributed by atoms with van der Waals surface area (Å²) < 4.78 is 1.49. The minimum atomic E-state index is 0. The number of hydrogen-bond donors (Lipinski definition) is 0. The van der Waals surface area contributed by atoms with Crippen molar-refractivity contribution < 1.29 is 1.43 Å². The van der Waals surface area contributed by atoms with Gasteiger partial charge in [-0.15, -0.1) is 0 Å². The predicted molar refractivity (Wildman–Crippen MR) is 38.8 cm³/mol. The van der Waals surface area contributed by atoms with E-state index in [4.69, 9.17) is 0 Å². The number of rotatable bonds is 1. The molecule has 0 atom stereocenters. The third-order valence-corrected chi connectivity index (χ3v) is 2.18.